The Morgan fingerprint density at radius 2 is 2.10 bits per heavy atom. The van der Waals surface area contributed by atoms with Gasteiger partial charge in [-0.2, -0.15) is 0 Å². The molecule has 2 atom stereocenters. The molecule has 1 aromatic carbocycles. The molecule has 1 amide bonds. The Kier molecular flexibility index (Phi) is 8.94. The zero-order chi connectivity index (χ0) is 20.2. The highest BCUT2D eigenvalue weighted by molar-refractivity contribution is 5.94. The van der Waals surface area contributed by atoms with E-state index in [-0.39, 0.29) is 43.4 Å². The Balaban J connectivity index is 0.00000171. The van der Waals surface area contributed by atoms with E-state index in [1.54, 1.807) is 25.3 Å². The van der Waals surface area contributed by atoms with E-state index in [1.165, 1.54) is 0 Å². The highest BCUT2D eigenvalue weighted by Gasteiger charge is 2.30. The number of aromatic nitrogens is 2. The molecule has 0 unspecified atom stereocenters. The van der Waals surface area contributed by atoms with Crippen LogP contribution in [0.15, 0.2) is 48.8 Å². The minimum absolute atomic E-state index is 0. The highest BCUT2D eigenvalue weighted by atomic mass is 35.5. The summed E-state index contributed by atoms with van der Waals surface area (Å²) in [7, 11) is 1.57. The molecular weight excluding hydrogens is 443 g/mol. The largest absolute Gasteiger partial charge is 0.493 e. The highest BCUT2D eigenvalue weighted by Crippen LogP contribution is 2.31. The summed E-state index contributed by atoms with van der Waals surface area (Å²) in [4.78, 5) is 17.0. The number of carbonyl (C=O) groups is 1. The lowest BCUT2D eigenvalue weighted by Crippen LogP contribution is -2.29. The van der Waals surface area contributed by atoms with E-state index < -0.39 is 6.10 Å². The number of imidazole rings is 1. The summed E-state index contributed by atoms with van der Waals surface area (Å²) in [5.74, 6) is 0.916. The summed E-state index contributed by atoms with van der Waals surface area (Å²) in [6.45, 7) is 0.701. The molecule has 4 rings (SSSR count). The van der Waals surface area contributed by atoms with Gasteiger partial charge < -0.3 is 29.7 Å². The second kappa shape index (κ2) is 11.2. The van der Waals surface area contributed by atoms with Gasteiger partial charge in [0.05, 0.1) is 18.9 Å². The van der Waals surface area contributed by atoms with Crippen LogP contribution in [0.2, 0.25) is 0 Å². The van der Waals surface area contributed by atoms with Crippen LogP contribution in [-0.2, 0) is 16.1 Å². The number of nitrogens with two attached hydrogens (primary N) is 1. The molecule has 3 N–H and O–H groups in total. The molecule has 0 aliphatic carbocycles. The van der Waals surface area contributed by atoms with E-state index in [0.29, 0.717) is 30.2 Å². The van der Waals surface area contributed by atoms with Crippen LogP contribution in [-0.4, -0.2) is 41.2 Å². The lowest BCUT2D eigenvalue weighted by Gasteiger charge is -2.15. The monoisotopic (exact) mass is 468 g/mol. The molecule has 0 bridgehead atoms. The summed E-state index contributed by atoms with van der Waals surface area (Å²) in [5, 5.41) is 2.88. The minimum atomic E-state index is -0.479. The van der Waals surface area contributed by atoms with E-state index in [9.17, 15) is 4.79 Å². The van der Waals surface area contributed by atoms with Crippen LogP contribution in [0.4, 0.5) is 5.69 Å². The maximum atomic E-state index is 12.5. The predicted molar refractivity (Wildman–Crippen MR) is 123 cm³/mol. The molecule has 31 heavy (non-hydrogen) atoms. The number of anilines is 1. The second-order valence-electron chi connectivity index (χ2n) is 6.90. The molecule has 1 saturated heterocycles. The second-order valence-corrected chi connectivity index (χ2v) is 6.90. The first-order chi connectivity index (χ1) is 14.2. The Labute approximate surface area is 192 Å². The quantitative estimate of drug-likeness (QED) is 0.551. The Hall–Kier alpha value is -2.52. The third-order valence-electron chi connectivity index (χ3n) is 4.88. The van der Waals surface area contributed by atoms with E-state index in [0.717, 1.165) is 17.8 Å². The number of ether oxygens (including phenoxy) is 3. The van der Waals surface area contributed by atoms with Gasteiger partial charge in [0, 0.05) is 30.7 Å². The number of nitrogens with zero attached hydrogens (tertiary/aromatic N) is 2. The molecular formula is C21H26Cl2N4O4. The standard InChI is InChI=1S/C21H24N4O4.2ClH/c1-27-17-7-5-14(24-21(26)18-8-6-16(11-22)29-18)10-19(17)28-13-15-12-25-9-3-2-4-20(25)23-15;;/h2-5,7,9-10,12,16,18H,6,8,11,13,22H2,1H3,(H,24,26);2*1H/t16-,18+;;/m1../s1. The summed E-state index contributed by atoms with van der Waals surface area (Å²) in [5.41, 5.74) is 7.87. The van der Waals surface area contributed by atoms with Gasteiger partial charge in [-0.25, -0.2) is 4.98 Å². The number of rotatable bonds is 7. The van der Waals surface area contributed by atoms with Crippen LogP contribution in [0.25, 0.3) is 5.65 Å². The van der Waals surface area contributed by atoms with E-state index in [1.807, 2.05) is 35.0 Å². The van der Waals surface area contributed by atoms with Crippen LogP contribution in [0, 0.1) is 0 Å². The summed E-state index contributed by atoms with van der Waals surface area (Å²) < 4.78 is 18.9. The van der Waals surface area contributed by atoms with Crippen molar-refractivity contribution in [3.8, 4) is 11.5 Å². The van der Waals surface area contributed by atoms with E-state index in [4.69, 9.17) is 19.9 Å². The minimum Gasteiger partial charge on any atom is -0.493 e. The van der Waals surface area contributed by atoms with Crippen LogP contribution in [0.3, 0.4) is 0 Å². The molecule has 1 aliphatic rings. The molecule has 0 spiro atoms. The van der Waals surface area contributed by atoms with Crippen molar-refractivity contribution in [3.63, 3.8) is 0 Å². The van der Waals surface area contributed by atoms with Gasteiger partial charge in [-0.3, -0.25) is 4.79 Å². The number of amides is 1. The molecule has 168 valence electrons. The van der Waals surface area contributed by atoms with Crippen molar-refractivity contribution in [2.75, 3.05) is 19.0 Å². The van der Waals surface area contributed by atoms with Gasteiger partial charge in [0.1, 0.15) is 18.4 Å². The maximum Gasteiger partial charge on any atom is 0.253 e. The van der Waals surface area contributed by atoms with Crippen molar-refractivity contribution in [2.24, 2.45) is 5.73 Å². The smallest absolute Gasteiger partial charge is 0.253 e. The van der Waals surface area contributed by atoms with Gasteiger partial charge in [0.15, 0.2) is 11.5 Å². The van der Waals surface area contributed by atoms with Crippen LogP contribution >= 0.6 is 24.8 Å². The molecule has 2 aromatic heterocycles. The molecule has 3 aromatic rings. The number of methoxy groups -OCH3 is 1. The molecule has 1 fully saturated rings. The van der Waals surface area contributed by atoms with Gasteiger partial charge >= 0.3 is 0 Å². The van der Waals surface area contributed by atoms with Gasteiger partial charge in [-0.1, -0.05) is 6.07 Å². The summed E-state index contributed by atoms with van der Waals surface area (Å²) in [6.07, 6.45) is 4.78. The van der Waals surface area contributed by atoms with Crippen LogP contribution in [0.5, 0.6) is 11.5 Å². The van der Waals surface area contributed by atoms with Crippen LogP contribution < -0.4 is 20.5 Å². The van der Waals surface area contributed by atoms with Crippen LogP contribution in [0.1, 0.15) is 18.5 Å². The fourth-order valence-corrected chi connectivity index (χ4v) is 3.37. The van der Waals surface area contributed by atoms with Gasteiger partial charge in [0.25, 0.3) is 5.91 Å². The molecule has 0 radical (unpaired) electrons. The number of nitrogens with one attached hydrogen (secondary N) is 1. The predicted octanol–water partition coefficient (Wildman–Crippen LogP) is 3.21. The number of halogens is 2. The van der Waals surface area contributed by atoms with E-state index in [2.05, 4.69) is 10.3 Å². The van der Waals surface area contributed by atoms with E-state index >= 15 is 0 Å². The Morgan fingerprint density at radius 1 is 1.26 bits per heavy atom. The number of pyridine rings is 1. The fourth-order valence-electron chi connectivity index (χ4n) is 3.37. The molecule has 3 heterocycles. The van der Waals surface area contributed by atoms with Crippen molar-refractivity contribution in [1.29, 1.82) is 0 Å². The summed E-state index contributed by atoms with van der Waals surface area (Å²) >= 11 is 0. The van der Waals surface area contributed by atoms with Gasteiger partial charge in [0.2, 0.25) is 0 Å². The van der Waals surface area contributed by atoms with Crippen molar-refractivity contribution in [3.05, 3.63) is 54.5 Å². The van der Waals surface area contributed by atoms with Crippen molar-refractivity contribution < 1.29 is 19.0 Å². The number of fused-ring (bicyclic) bond motifs is 1. The maximum absolute atomic E-state index is 12.5. The lowest BCUT2D eigenvalue weighted by atomic mass is 10.2. The Bertz CT molecular complexity index is 981. The Morgan fingerprint density at radius 3 is 2.81 bits per heavy atom. The lowest BCUT2D eigenvalue weighted by molar-refractivity contribution is -0.126. The first-order valence-corrected chi connectivity index (χ1v) is 9.56. The number of hydrogen-bond acceptors (Lipinski definition) is 6. The third kappa shape index (κ3) is 5.80. The average molecular weight is 469 g/mol. The topological polar surface area (TPSA) is 100 Å². The van der Waals surface area contributed by atoms with Gasteiger partial charge in [-0.15, -0.1) is 24.8 Å². The zero-order valence-corrected chi connectivity index (χ0v) is 18.7. The zero-order valence-electron chi connectivity index (χ0n) is 17.0. The molecule has 1 aliphatic heterocycles. The van der Waals surface area contributed by atoms with Gasteiger partial charge in [-0.05, 0) is 37.1 Å². The van der Waals surface area contributed by atoms with Crippen molar-refractivity contribution in [2.45, 2.75) is 31.7 Å². The first-order valence-electron chi connectivity index (χ1n) is 9.56. The third-order valence-corrected chi connectivity index (χ3v) is 4.88. The summed E-state index contributed by atoms with van der Waals surface area (Å²) in [6, 6.07) is 11.1. The SMILES string of the molecule is COc1ccc(NC(=O)[C@@H]2CC[C@H](CN)O2)cc1OCc1cn2ccccc2n1.Cl.Cl. The van der Waals surface area contributed by atoms with Crippen molar-refractivity contribution in [1.82, 2.24) is 9.38 Å². The molecule has 0 saturated carbocycles. The molecule has 8 nitrogen and oxygen atoms in total. The number of hydrogen-bond donors (Lipinski definition) is 2. The van der Waals surface area contributed by atoms with Crippen molar-refractivity contribution >= 4 is 42.1 Å². The first kappa shape index (κ1) is 24.7. The fraction of sp³-hybridized carbons (Fsp3) is 0.333. The molecule has 10 heteroatoms. The number of benzene rings is 1. The number of carbonyl (C=O) groups excluding carboxylic acids is 1. The average Bonchev–Trinajstić information content (AvgIpc) is 3.39. The normalized spacial score (nSPS) is 17.5.